The molecule has 34 heavy (non-hydrogen) atoms. The number of piperazine rings is 1. The molecular weight excluding hydrogens is 491 g/mol. The average molecular weight is 516 g/mol. The first kappa shape index (κ1) is 24.8. The summed E-state index contributed by atoms with van der Waals surface area (Å²) in [5.74, 6) is -2.29. The van der Waals surface area contributed by atoms with Gasteiger partial charge in [-0.05, 0) is 43.2 Å². The number of hydrogen-bond donors (Lipinski definition) is 0. The molecule has 0 saturated carbocycles. The second-order valence-corrected chi connectivity index (χ2v) is 10.8. The van der Waals surface area contributed by atoms with Crippen molar-refractivity contribution in [1.29, 1.82) is 0 Å². The van der Waals surface area contributed by atoms with E-state index in [1.165, 1.54) is 22.5 Å². The van der Waals surface area contributed by atoms with Crippen LogP contribution in [-0.2, 0) is 10.0 Å². The van der Waals surface area contributed by atoms with Crippen LogP contribution < -0.4 is 4.90 Å². The molecule has 0 bridgehead atoms. The maximum atomic E-state index is 13.3. The molecule has 2 aliphatic rings. The maximum Gasteiger partial charge on any atom is 0.393 e. The molecule has 0 aliphatic carbocycles. The Labute approximate surface area is 201 Å². The number of amides is 1. The highest BCUT2D eigenvalue weighted by molar-refractivity contribution is 7.89. The first-order chi connectivity index (χ1) is 16.1. The van der Waals surface area contributed by atoms with E-state index in [9.17, 15) is 26.4 Å². The molecule has 4 rings (SSSR count). The number of anilines is 1. The van der Waals surface area contributed by atoms with Crippen LogP contribution in [0.15, 0.2) is 53.4 Å². The van der Waals surface area contributed by atoms with Crippen molar-refractivity contribution in [3.8, 4) is 0 Å². The predicted molar refractivity (Wildman–Crippen MR) is 124 cm³/mol. The van der Waals surface area contributed by atoms with Crippen LogP contribution in [0.25, 0.3) is 0 Å². The Morgan fingerprint density at radius 2 is 1.65 bits per heavy atom. The Kier molecular flexibility index (Phi) is 7.12. The fourth-order valence-corrected chi connectivity index (χ4v) is 6.05. The Morgan fingerprint density at radius 1 is 0.971 bits per heavy atom. The SMILES string of the molecule is O=C(c1cc(S(=O)(=O)N2CCN(c3ccccc3)CC2)ccc1Cl)N1CCC[C@H](C(F)(F)F)C1. The summed E-state index contributed by atoms with van der Waals surface area (Å²) < 4.78 is 67.4. The molecule has 11 heteroatoms. The number of carbonyl (C=O) groups excluding carboxylic acids is 1. The van der Waals surface area contributed by atoms with Crippen molar-refractivity contribution in [2.75, 3.05) is 44.2 Å². The third-order valence-corrected chi connectivity index (χ3v) is 8.56. The zero-order valence-corrected chi connectivity index (χ0v) is 19.9. The molecule has 0 spiro atoms. The van der Waals surface area contributed by atoms with E-state index in [2.05, 4.69) is 4.90 Å². The van der Waals surface area contributed by atoms with E-state index in [0.29, 0.717) is 13.1 Å². The van der Waals surface area contributed by atoms with E-state index in [4.69, 9.17) is 11.6 Å². The molecule has 0 unspecified atom stereocenters. The van der Waals surface area contributed by atoms with Crippen molar-refractivity contribution in [1.82, 2.24) is 9.21 Å². The predicted octanol–water partition coefficient (Wildman–Crippen LogP) is 4.27. The number of halogens is 4. The molecule has 1 atom stereocenters. The lowest BCUT2D eigenvalue weighted by Gasteiger charge is -2.35. The Bertz CT molecular complexity index is 1140. The van der Waals surface area contributed by atoms with Crippen LogP contribution in [0.5, 0.6) is 0 Å². The third kappa shape index (κ3) is 5.18. The van der Waals surface area contributed by atoms with E-state index >= 15 is 0 Å². The highest BCUT2D eigenvalue weighted by atomic mass is 35.5. The first-order valence-corrected chi connectivity index (χ1v) is 12.8. The number of nitrogens with zero attached hydrogens (tertiary/aromatic N) is 3. The van der Waals surface area contributed by atoms with Gasteiger partial charge in [-0.1, -0.05) is 29.8 Å². The van der Waals surface area contributed by atoms with Crippen molar-refractivity contribution in [2.24, 2.45) is 5.92 Å². The van der Waals surface area contributed by atoms with Crippen LogP contribution in [0, 0.1) is 5.92 Å². The Morgan fingerprint density at radius 3 is 2.29 bits per heavy atom. The second-order valence-electron chi connectivity index (χ2n) is 8.50. The summed E-state index contributed by atoms with van der Waals surface area (Å²) in [6.45, 7) is 1.26. The topological polar surface area (TPSA) is 60.9 Å². The van der Waals surface area contributed by atoms with E-state index < -0.39 is 34.6 Å². The van der Waals surface area contributed by atoms with Gasteiger partial charge in [-0.2, -0.15) is 17.5 Å². The smallest absolute Gasteiger partial charge is 0.369 e. The van der Waals surface area contributed by atoms with Gasteiger partial charge >= 0.3 is 6.18 Å². The molecule has 2 aliphatic heterocycles. The summed E-state index contributed by atoms with van der Waals surface area (Å²) >= 11 is 6.17. The largest absolute Gasteiger partial charge is 0.393 e. The number of carbonyl (C=O) groups is 1. The fourth-order valence-electron chi connectivity index (χ4n) is 4.40. The van der Waals surface area contributed by atoms with Crippen LogP contribution in [-0.4, -0.2) is 69.0 Å². The van der Waals surface area contributed by atoms with Gasteiger partial charge in [0.15, 0.2) is 0 Å². The minimum atomic E-state index is -4.39. The molecule has 6 nitrogen and oxygen atoms in total. The van der Waals surface area contributed by atoms with Gasteiger partial charge in [0.05, 0.1) is 21.4 Å². The molecule has 0 aromatic heterocycles. The van der Waals surface area contributed by atoms with Crippen molar-refractivity contribution in [3.05, 3.63) is 59.1 Å². The first-order valence-electron chi connectivity index (χ1n) is 11.0. The van der Waals surface area contributed by atoms with Gasteiger partial charge in [-0.15, -0.1) is 0 Å². The molecule has 0 radical (unpaired) electrons. The molecule has 2 fully saturated rings. The molecule has 1 amide bonds. The Balaban J connectivity index is 1.50. The van der Waals surface area contributed by atoms with Gasteiger partial charge in [0.1, 0.15) is 0 Å². The fraction of sp³-hybridized carbons (Fsp3) is 0.435. The summed E-state index contributed by atoms with van der Waals surface area (Å²) in [4.78, 5) is 16.1. The zero-order chi connectivity index (χ0) is 24.5. The number of rotatable bonds is 4. The summed E-state index contributed by atoms with van der Waals surface area (Å²) in [5.41, 5.74) is 0.908. The standard InChI is InChI=1S/C23H25ClF3N3O3S/c24-21-9-8-19(15-20(21)22(31)29-10-4-5-17(16-29)23(25,26)27)34(32,33)30-13-11-28(12-14-30)18-6-2-1-3-7-18/h1-3,6-9,15,17H,4-5,10-14,16H2/t17-/m0/s1. The number of alkyl halides is 3. The number of likely N-dealkylation sites (tertiary alicyclic amines) is 1. The van der Waals surface area contributed by atoms with E-state index in [1.54, 1.807) is 0 Å². The lowest BCUT2D eigenvalue weighted by molar-refractivity contribution is -0.184. The van der Waals surface area contributed by atoms with Crippen LogP contribution in [0.1, 0.15) is 23.2 Å². The van der Waals surface area contributed by atoms with Gasteiger partial charge in [0.2, 0.25) is 10.0 Å². The molecule has 2 heterocycles. The molecule has 0 N–H and O–H groups in total. The normalized spacial score (nSPS) is 20.4. The van der Waals surface area contributed by atoms with E-state index in [0.717, 1.165) is 10.6 Å². The monoisotopic (exact) mass is 515 g/mol. The van der Waals surface area contributed by atoms with E-state index in [-0.39, 0.29) is 48.0 Å². The van der Waals surface area contributed by atoms with Gasteiger partial charge in [-0.3, -0.25) is 4.79 Å². The van der Waals surface area contributed by atoms with Crippen LogP contribution in [0.3, 0.4) is 0 Å². The number of hydrogen-bond acceptors (Lipinski definition) is 4. The van der Waals surface area contributed by atoms with E-state index in [1.807, 2.05) is 30.3 Å². The summed E-state index contributed by atoms with van der Waals surface area (Å²) in [6, 6.07) is 13.5. The number of piperidine rings is 1. The molecule has 184 valence electrons. The quantitative estimate of drug-likeness (QED) is 0.610. The van der Waals surface area contributed by atoms with Gasteiger partial charge in [0.25, 0.3) is 5.91 Å². The minimum absolute atomic E-state index is 0.00646. The van der Waals surface area contributed by atoms with Crippen LogP contribution >= 0.6 is 11.6 Å². The van der Waals surface area contributed by atoms with Crippen molar-refractivity contribution >= 4 is 33.2 Å². The molecular formula is C23H25ClF3N3O3S. The minimum Gasteiger partial charge on any atom is -0.369 e. The van der Waals surface area contributed by atoms with Crippen LogP contribution in [0.4, 0.5) is 18.9 Å². The number of benzene rings is 2. The maximum absolute atomic E-state index is 13.3. The van der Waals surface area contributed by atoms with Crippen molar-refractivity contribution in [2.45, 2.75) is 23.9 Å². The highest BCUT2D eigenvalue weighted by Gasteiger charge is 2.43. The number of para-hydroxylation sites is 1. The van der Waals surface area contributed by atoms with Gasteiger partial charge in [0, 0.05) is 45.0 Å². The second kappa shape index (κ2) is 9.75. The average Bonchev–Trinajstić information content (AvgIpc) is 2.84. The lowest BCUT2D eigenvalue weighted by Crippen LogP contribution is -2.48. The number of sulfonamides is 1. The molecule has 2 aromatic carbocycles. The van der Waals surface area contributed by atoms with Crippen LogP contribution in [0.2, 0.25) is 5.02 Å². The highest BCUT2D eigenvalue weighted by Crippen LogP contribution is 2.34. The van der Waals surface area contributed by atoms with Crippen molar-refractivity contribution in [3.63, 3.8) is 0 Å². The molecule has 2 saturated heterocycles. The van der Waals surface area contributed by atoms with Gasteiger partial charge in [-0.25, -0.2) is 8.42 Å². The summed E-state index contributed by atoms with van der Waals surface area (Å²) in [7, 11) is -3.91. The van der Waals surface area contributed by atoms with Gasteiger partial charge < -0.3 is 9.80 Å². The lowest BCUT2D eigenvalue weighted by atomic mass is 9.97. The molecule has 2 aromatic rings. The third-order valence-electron chi connectivity index (χ3n) is 6.34. The summed E-state index contributed by atoms with van der Waals surface area (Å²) in [6.07, 6.45) is -4.21. The van der Waals surface area contributed by atoms with Crippen molar-refractivity contribution < 1.29 is 26.4 Å². The zero-order valence-electron chi connectivity index (χ0n) is 18.3. The summed E-state index contributed by atoms with van der Waals surface area (Å²) in [5, 5.41) is 0.00646. The Hall–Kier alpha value is -2.30.